The minimum Gasteiger partial charge on any atom is -0.465 e. The Bertz CT molecular complexity index is 1960. The van der Waals surface area contributed by atoms with Crippen LogP contribution in [0.4, 0.5) is 11.4 Å². The highest BCUT2D eigenvalue weighted by molar-refractivity contribution is 9.08. The van der Waals surface area contributed by atoms with E-state index in [2.05, 4.69) is 40.1 Å². The predicted molar refractivity (Wildman–Crippen MR) is 203 cm³/mol. The fourth-order valence-electron chi connectivity index (χ4n) is 5.01. The standard InChI is InChI=1S/C18H20N2O5S.C10H13NO3S.C8H8BrNO2/c1-24-18(21)14-7-8-15(19-11-14)12-20(16-5-3-2-4-6-16)26(22,23)17-9-10-25-13-17;12-15(13,10-6-7-14-8-10)11-9-4-2-1-3-5-9;1-12-8(11)6-2-3-7(4-9)10-5-6/h2-8,11,17H,9-10,12-13H2,1H3;1-5,10-11H,6-8H2;2-3,5H,4H2,1H3. The monoisotopic (exact) mass is 832 g/mol. The van der Waals surface area contributed by atoms with E-state index in [0.717, 1.165) is 5.69 Å². The molecule has 1 N–H and O–H groups in total. The molecule has 4 aromatic rings. The molecule has 2 saturated heterocycles. The summed E-state index contributed by atoms with van der Waals surface area (Å²) >= 11 is 3.26. The third-order valence-electron chi connectivity index (χ3n) is 7.96. The Morgan fingerprint density at radius 2 is 1.26 bits per heavy atom. The Hall–Kier alpha value is -4.42. The number of hydrogen-bond donors (Lipinski definition) is 1. The van der Waals surface area contributed by atoms with Crippen molar-refractivity contribution in [2.75, 3.05) is 49.7 Å². The van der Waals surface area contributed by atoms with Crippen LogP contribution in [0.5, 0.6) is 0 Å². The number of halogens is 1. The maximum atomic E-state index is 13.1. The predicted octanol–water partition coefficient (Wildman–Crippen LogP) is 4.97. The number of sulfonamides is 2. The van der Waals surface area contributed by atoms with Gasteiger partial charge in [0.15, 0.2) is 0 Å². The van der Waals surface area contributed by atoms with Crippen molar-refractivity contribution in [3.05, 3.63) is 120 Å². The minimum atomic E-state index is -3.61. The van der Waals surface area contributed by atoms with Crippen molar-refractivity contribution >= 4 is 59.3 Å². The van der Waals surface area contributed by atoms with Crippen LogP contribution in [0, 0.1) is 0 Å². The number of para-hydroxylation sites is 2. The topological polar surface area (TPSA) is 180 Å². The van der Waals surface area contributed by atoms with Crippen LogP contribution in [0.2, 0.25) is 0 Å². The molecular weight excluding hydrogens is 792 g/mol. The summed E-state index contributed by atoms with van der Waals surface area (Å²) in [5.74, 6) is -0.844. The number of ether oxygens (including phenoxy) is 4. The molecule has 0 saturated carbocycles. The zero-order valence-corrected chi connectivity index (χ0v) is 32.4. The molecule has 53 heavy (non-hydrogen) atoms. The highest BCUT2D eigenvalue weighted by Crippen LogP contribution is 2.26. The average molecular weight is 834 g/mol. The maximum absolute atomic E-state index is 13.1. The van der Waals surface area contributed by atoms with Gasteiger partial charge in [-0.25, -0.2) is 26.4 Å². The molecule has 2 unspecified atom stereocenters. The molecule has 2 aliphatic rings. The van der Waals surface area contributed by atoms with Gasteiger partial charge in [0.1, 0.15) is 10.5 Å². The Kier molecular flexibility index (Phi) is 15.7. The number of methoxy groups -OCH3 is 2. The summed E-state index contributed by atoms with van der Waals surface area (Å²) in [5.41, 5.74) is 3.38. The number of carbonyl (C=O) groups excluding carboxylic acids is 2. The molecular formula is C36H41BrN4O10S2. The quantitative estimate of drug-likeness (QED) is 0.159. The summed E-state index contributed by atoms with van der Waals surface area (Å²) in [7, 11) is -4.25. The lowest BCUT2D eigenvalue weighted by Crippen LogP contribution is -2.39. The van der Waals surface area contributed by atoms with Crippen LogP contribution in [0.1, 0.15) is 44.9 Å². The number of carbonyl (C=O) groups is 2. The molecule has 0 aliphatic carbocycles. The molecule has 0 bridgehead atoms. The summed E-state index contributed by atoms with van der Waals surface area (Å²) in [5, 5.41) is -0.302. The number of anilines is 2. The van der Waals surface area contributed by atoms with Gasteiger partial charge in [-0.3, -0.25) is 19.0 Å². The molecule has 6 rings (SSSR count). The van der Waals surface area contributed by atoms with Crippen LogP contribution in [0.25, 0.3) is 0 Å². The number of nitrogens with one attached hydrogen (secondary N) is 1. The lowest BCUT2D eigenvalue weighted by molar-refractivity contribution is 0.0591. The van der Waals surface area contributed by atoms with Crippen molar-refractivity contribution in [3.8, 4) is 0 Å². The molecule has 2 aromatic heterocycles. The maximum Gasteiger partial charge on any atom is 0.339 e. The highest BCUT2D eigenvalue weighted by atomic mass is 79.9. The second kappa shape index (κ2) is 20.1. The summed E-state index contributed by atoms with van der Waals surface area (Å²) in [6.45, 7) is 1.53. The molecule has 0 spiro atoms. The smallest absolute Gasteiger partial charge is 0.339 e. The van der Waals surface area contributed by atoms with Gasteiger partial charge >= 0.3 is 11.9 Å². The number of rotatable bonds is 11. The summed E-state index contributed by atoms with van der Waals surface area (Å²) in [4.78, 5) is 30.7. The minimum absolute atomic E-state index is 0.0737. The van der Waals surface area contributed by atoms with Gasteiger partial charge in [0.25, 0.3) is 0 Å². The van der Waals surface area contributed by atoms with E-state index >= 15 is 0 Å². The van der Waals surface area contributed by atoms with Crippen molar-refractivity contribution in [1.29, 1.82) is 0 Å². The molecule has 4 heterocycles. The van der Waals surface area contributed by atoms with Crippen LogP contribution in [-0.2, 0) is 50.9 Å². The van der Waals surface area contributed by atoms with Gasteiger partial charge in [0, 0.05) is 36.6 Å². The number of alkyl halides is 1. The van der Waals surface area contributed by atoms with E-state index < -0.39 is 36.5 Å². The van der Waals surface area contributed by atoms with Crippen molar-refractivity contribution in [2.24, 2.45) is 0 Å². The number of aromatic nitrogens is 2. The summed E-state index contributed by atoms with van der Waals surface area (Å²) in [6.07, 6.45) is 3.93. The van der Waals surface area contributed by atoms with Crippen molar-refractivity contribution in [3.63, 3.8) is 0 Å². The molecule has 17 heteroatoms. The molecule has 2 aromatic carbocycles. The third-order valence-corrected chi connectivity index (χ3v) is 12.5. The van der Waals surface area contributed by atoms with Crippen LogP contribution in [0.15, 0.2) is 97.3 Å². The summed E-state index contributed by atoms with van der Waals surface area (Å²) in [6, 6.07) is 24.5. The van der Waals surface area contributed by atoms with Crippen molar-refractivity contribution < 1.29 is 45.4 Å². The molecule has 2 atom stereocenters. The summed E-state index contributed by atoms with van der Waals surface area (Å²) < 4.78 is 73.2. The van der Waals surface area contributed by atoms with E-state index in [9.17, 15) is 26.4 Å². The number of nitrogens with zero attached hydrogens (tertiary/aromatic N) is 3. The molecule has 2 aliphatic heterocycles. The zero-order chi connectivity index (χ0) is 38.3. The van der Waals surface area contributed by atoms with Crippen LogP contribution < -0.4 is 9.03 Å². The highest BCUT2D eigenvalue weighted by Gasteiger charge is 2.35. The second-order valence-electron chi connectivity index (χ2n) is 11.6. The first-order chi connectivity index (χ1) is 25.5. The average Bonchev–Trinajstić information content (AvgIpc) is 3.95. The van der Waals surface area contributed by atoms with Gasteiger partial charge < -0.3 is 18.9 Å². The molecule has 0 amide bonds. The molecule has 2 fully saturated rings. The van der Waals surface area contributed by atoms with Crippen molar-refractivity contribution in [1.82, 2.24) is 9.97 Å². The van der Waals surface area contributed by atoms with E-state index in [1.165, 1.54) is 30.9 Å². The largest absolute Gasteiger partial charge is 0.465 e. The van der Waals surface area contributed by atoms with Gasteiger partial charge in [-0.1, -0.05) is 52.3 Å². The van der Waals surface area contributed by atoms with Crippen LogP contribution in [-0.4, -0.2) is 89.9 Å². The Morgan fingerprint density at radius 3 is 1.72 bits per heavy atom. The molecule has 284 valence electrons. The number of pyridine rings is 2. The first kappa shape index (κ1) is 41.3. The SMILES string of the molecule is COC(=O)c1ccc(CBr)nc1.COC(=O)c1ccc(CN(c2ccccc2)S(=O)(=O)C2CCOC2)nc1.O=S(=O)(Nc1ccccc1)C1CCOC1. The van der Waals surface area contributed by atoms with Gasteiger partial charge in [0.2, 0.25) is 20.0 Å². The number of esters is 2. The Labute approximate surface area is 318 Å². The van der Waals surface area contributed by atoms with Gasteiger partial charge in [-0.05, 0) is 61.4 Å². The Morgan fingerprint density at radius 1 is 0.755 bits per heavy atom. The van der Waals surface area contributed by atoms with Crippen LogP contribution in [0.3, 0.4) is 0 Å². The normalized spacial score (nSPS) is 16.6. The lowest BCUT2D eigenvalue weighted by atomic mass is 10.2. The van der Waals surface area contributed by atoms with Gasteiger partial charge in [-0.2, -0.15) is 0 Å². The zero-order valence-electron chi connectivity index (χ0n) is 29.2. The fraction of sp³-hybridized carbons (Fsp3) is 0.333. The van der Waals surface area contributed by atoms with Gasteiger partial charge in [0.05, 0.1) is 62.2 Å². The van der Waals surface area contributed by atoms with E-state index in [1.807, 2.05) is 12.1 Å². The first-order valence-corrected chi connectivity index (χ1v) is 20.6. The molecule has 0 radical (unpaired) electrons. The third kappa shape index (κ3) is 12.0. The lowest BCUT2D eigenvalue weighted by Gasteiger charge is -2.27. The first-order valence-electron chi connectivity index (χ1n) is 16.4. The Balaban J connectivity index is 0.000000196. The van der Waals surface area contributed by atoms with E-state index in [-0.39, 0.29) is 19.1 Å². The van der Waals surface area contributed by atoms with Gasteiger partial charge in [-0.15, -0.1) is 0 Å². The second-order valence-corrected chi connectivity index (χ2v) is 16.2. The number of benzene rings is 2. The molecule has 14 nitrogen and oxygen atoms in total. The fourth-order valence-corrected chi connectivity index (χ4v) is 8.40. The van der Waals surface area contributed by atoms with Crippen molar-refractivity contribution in [2.45, 2.75) is 35.2 Å². The van der Waals surface area contributed by atoms with Crippen LogP contribution >= 0.6 is 15.9 Å². The van der Waals surface area contributed by atoms with E-state index in [4.69, 9.17) is 9.47 Å². The number of hydrogen-bond acceptors (Lipinski definition) is 12. The van der Waals surface area contributed by atoms with E-state index in [1.54, 1.807) is 72.8 Å². The van der Waals surface area contributed by atoms with E-state index in [0.29, 0.717) is 66.2 Å².